The van der Waals surface area contributed by atoms with Crippen molar-refractivity contribution in [2.45, 2.75) is 20.0 Å². The van der Waals surface area contributed by atoms with E-state index in [1.54, 1.807) is 0 Å². The van der Waals surface area contributed by atoms with Gasteiger partial charge in [-0.25, -0.2) is 18.3 Å². The number of rotatable bonds is 2. The first kappa shape index (κ1) is 13.7. The molecule has 0 saturated carbocycles. The normalized spacial score (nSPS) is 14.0. The van der Waals surface area contributed by atoms with Crippen LogP contribution in [0.5, 0.6) is 0 Å². The number of aryl methyl sites for hydroxylation is 1. The van der Waals surface area contributed by atoms with Crippen molar-refractivity contribution in [3.05, 3.63) is 46.3 Å². The molecule has 0 fully saturated rings. The number of ether oxygens (including phenoxy) is 1. The SMILES string of the molecule is Cc1ccc(F)c(-n2nc(C(=O)O)c3c2CCOC3)c1F. The van der Waals surface area contributed by atoms with Crippen LogP contribution in [0.4, 0.5) is 8.78 Å². The largest absolute Gasteiger partial charge is 0.476 e. The molecule has 2 aromatic rings. The Morgan fingerprint density at radius 1 is 1.43 bits per heavy atom. The minimum atomic E-state index is -1.25. The van der Waals surface area contributed by atoms with Crippen molar-refractivity contribution in [3.8, 4) is 5.69 Å². The molecule has 1 aliphatic rings. The second-order valence-corrected chi connectivity index (χ2v) is 4.82. The monoisotopic (exact) mass is 294 g/mol. The summed E-state index contributed by atoms with van der Waals surface area (Å²) in [4.78, 5) is 11.2. The van der Waals surface area contributed by atoms with E-state index in [2.05, 4.69) is 5.10 Å². The summed E-state index contributed by atoms with van der Waals surface area (Å²) in [6, 6.07) is 2.47. The Balaban J connectivity index is 2.29. The molecule has 110 valence electrons. The highest BCUT2D eigenvalue weighted by atomic mass is 19.1. The highest BCUT2D eigenvalue weighted by Crippen LogP contribution is 2.27. The number of fused-ring (bicyclic) bond motifs is 1. The molecular formula is C14H12F2N2O3. The van der Waals surface area contributed by atoms with E-state index in [-0.39, 0.29) is 23.6 Å². The number of carboxylic acids is 1. The first-order chi connectivity index (χ1) is 10.0. The minimum Gasteiger partial charge on any atom is -0.476 e. The summed E-state index contributed by atoms with van der Waals surface area (Å²) in [5, 5.41) is 13.1. The number of aromatic nitrogens is 2. The molecule has 2 heterocycles. The van der Waals surface area contributed by atoms with Crippen LogP contribution in [0, 0.1) is 18.6 Å². The van der Waals surface area contributed by atoms with Crippen LogP contribution in [-0.4, -0.2) is 27.5 Å². The molecule has 21 heavy (non-hydrogen) atoms. The molecule has 1 N–H and O–H groups in total. The zero-order chi connectivity index (χ0) is 15.1. The Hall–Kier alpha value is -2.28. The van der Waals surface area contributed by atoms with E-state index < -0.39 is 17.6 Å². The van der Waals surface area contributed by atoms with E-state index in [9.17, 15) is 18.7 Å². The molecule has 3 rings (SSSR count). The Morgan fingerprint density at radius 2 is 2.19 bits per heavy atom. The number of halogens is 2. The van der Waals surface area contributed by atoms with E-state index >= 15 is 0 Å². The quantitative estimate of drug-likeness (QED) is 0.922. The predicted molar refractivity (Wildman–Crippen MR) is 68.5 cm³/mol. The van der Waals surface area contributed by atoms with Gasteiger partial charge in [-0.3, -0.25) is 0 Å². The maximum Gasteiger partial charge on any atom is 0.356 e. The number of benzene rings is 1. The van der Waals surface area contributed by atoms with Gasteiger partial charge in [-0.15, -0.1) is 0 Å². The van der Waals surface area contributed by atoms with Gasteiger partial charge in [0, 0.05) is 12.0 Å². The Kier molecular flexibility index (Phi) is 3.21. The van der Waals surface area contributed by atoms with Crippen molar-refractivity contribution in [3.63, 3.8) is 0 Å². The number of hydrogen-bond acceptors (Lipinski definition) is 3. The van der Waals surface area contributed by atoms with Crippen molar-refractivity contribution < 1.29 is 23.4 Å². The molecule has 0 saturated heterocycles. The number of carbonyl (C=O) groups is 1. The average molecular weight is 294 g/mol. The molecule has 1 aromatic heterocycles. The van der Waals surface area contributed by atoms with Gasteiger partial charge in [0.25, 0.3) is 0 Å². The second kappa shape index (κ2) is 4.92. The number of hydrogen-bond donors (Lipinski definition) is 1. The Morgan fingerprint density at radius 3 is 2.90 bits per heavy atom. The molecular weight excluding hydrogens is 282 g/mol. The van der Waals surface area contributed by atoms with Crippen molar-refractivity contribution in [1.29, 1.82) is 0 Å². The van der Waals surface area contributed by atoms with Gasteiger partial charge < -0.3 is 9.84 Å². The average Bonchev–Trinajstić information content (AvgIpc) is 2.84. The fraction of sp³-hybridized carbons (Fsp3) is 0.286. The zero-order valence-electron chi connectivity index (χ0n) is 11.2. The van der Waals surface area contributed by atoms with Crippen LogP contribution in [0.1, 0.15) is 27.3 Å². The number of aromatic carboxylic acids is 1. The molecule has 0 atom stereocenters. The summed E-state index contributed by atoms with van der Waals surface area (Å²) in [6.45, 7) is 1.94. The Labute approximate surface area is 118 Å². The van der Waals surface area contributed by atoms with Gasteiger partial charge in [0.15, 0.2) is 17.3 Å². The van der Waals surface area contributed by atoms with Crippen LogP contribution in [0.2, 0.25) is 0 Å². The van der Waals surface area contributed by atoms with E-state index in [1.165, 1.54) is 13.0 Å². The van der Waals surface area contributed by atoms with E-state index in [0.717, 1.165) is 10.7 Å². The molecule has 0 spiro atoms. The third-order valence-corrected chi connectivity index (χ3v) is 3.49. The van der Waals surface area contributed by atoms with Crippen molar-refractivity contribution in [1.82, 2.24) is 9.78 Å². The molecule has 1 aromatic carbocycles. The lowest BCUT2D eigenvalue weighted by atomic mass is 10.1. The predicted octanol–water partition coefficient (Wildman–Crippen LogP) is 2.23. The summed E-state index contributed by atoms with van der Waals surface area (Å²) in [5.41, 5.74) is 0.529. The van der Waals surface area contributed by atoms with Gasteiger partial charge in [0.05, 0.1) is 18.9 Å². The molecule has 1 aliphatic heterocycles. The maximum absolute atomic E-state index is 14.2. The van der Waals surface area contributed by atoms with Gasteiger partial charge in [-0.1, -0.05) is 6.07 Å². The molecule has 0 unspecified atom stereocenters. The minimum absolute atomic E-state index is 0.0754. The maximum atomic E-state index is 14.2. The lowest BCUT2D eigenvalue weighted by Gasteiger charge is -2.16. The number of nitrogens with zero attached hydrogens (tertiary/aromatic N) is 2. The third-order valence-electron chi connectivity index (χ3n) is 3.49. The third kappa shape index (κ3) is 2.09. The molecule has 0 radical (unpaired) electrons. The van der Waals surface area contributed by atoms with Crippen molar-refractivity contribution >= 4 is 5.97 Å². The lowest BCUT2D eigenvalue weighted by molar-refractivity contribution is 0.0677. The molecule has 0 bridgehead atoms. The van der Waals surface area contributed by atoms with E-state index in [1.807, 2.05) is 0 Å². The van der Waals surface area contributed by atoms with Gasteiger partial charge >= 0.3 is 5.97 Å². The first-order valence-corrected chi connectivity index (χ1v) is 6.37. The van der Waals surface area contributed by atoms with Crippen LogP contribution in [-0.2, 0) is 17.8 Å². The molecule has 0 amide bonds. The summed E-state index contributed by atoms with van der Waals surface area (Å²) in [5.74, 6) is -2.78. The zero-order valence-corrected chi connectivity index (χ0v) is 11.2. The van der Waals surface area contributed by atoms with Gasteiger partial charge in [0.1, 0.15) is 5.69 Å². The summed E-state index contributed by atoms with van der Waals surface area (Å²) >= 11 is 0. The lowest BCUT2D eigenvalue weighted by Crippen LogP contribution is -2.15. The standard InChI is InChI=1S/C14H12F2N2O3/c1-7-2-3-9(15)13(11(7)16)18-10-4-5-21-6-8(10)12(17-18)14(19)20/h2-3H,4-6H2,1H3,(H,19,20). The van der Waals surface area contributed by atoms with E-state index in [0.29, 0.717) is 24.3 Å². The molecule has 0 aliphatic carbocycles. The Bertz CT molecular complexity index is 740. The van der Waals surface area contributed by atoms with Crippen LogP contribution < -0.4 is 0 Å². The van der Waals surface area contributed by atoms with Gasteiger partial charge in [-0.05, 0) is 18.6 Å². The summed E-state index contributed by atoms with van der Waals surface area (Å²) in [7, 11) is 0. The smallest absolute Gasteiger partial charge is 0.356 e. The highest BCUT2D eigenvalue weighted by molar-refractivity contribution is 5.87. The van der Waals surface area contributed by atoms with Crippen molar-refractivity contribution in [2.24, 2.45) is 0 Å². The van der Waals surface area contributed by atoms with Gasteiger partial charge in [-0.2, -0.15) is 5.10 Å². The number of carboxylic acid groups (broad SMARTS) is 1. The van der Waals surface area contributed by atoms with Crippen molar-refractivity contribution in [2.75, 3.05) is 6.61 Å². The highest BCUT2D eigenvalue weighted by Gasteiger charge is 2.28. The van der Waals surface area contributed by atoms with E-state index in [4.69, 9.17) is 4.74 Å². The fourth-order valence-electron chi connectivity index (χ4n) is 2.43. The van der Waals surface area contributed by atoms with Crippen LogP contribution in [0.3, 0.4) is 0 Å². The van der Waals surface area contributed by atoms with Crippen LogP contribution >= 0.6 is 0 Å². The molecule has 5 nitrogen and oxygen atoms in total. The summed E-state index contributed by atoms with van der Waals surface area (Å²) in [6.07, 6.45) is 0.350. The second-order valence-electron chi connectivity index (χ2n) is 4.82. The van der Waals surface area contributed by atoms with Crippen LogP contribution in [0.25, 0.3) is 5.69 Å². The van der Waals surface area contributed by atoms with Gasteiger partial charge in [0.2, 0.25) is 0 Å². The summed E-state index contributed by atoms with van der Waals surface area (Å²) < 4.78 is 34.5. The fourth-order valence-corrected chi connectivity index (χ4v) is 2.43. The van der Waals surface area contributed by atoms with Crippen LogP contribution in [0.15, 0.2) is 12.1 Å². The topological polar surface area (TPSA) is 64.4 Å². The first-order valence-electron chi connectivity index (χ1n) is 6.37. The molecule has 7 heteroatoms.